The zero-order valence-corrected chi connectivity index (χ0v) is 15.2. The first-order valence-electron chi connectivity index (χ1n) is 8.36. The molecule has 1 atom stereocenters. The molecule has 0 heterocycles. The molecule has 1 rings (SSSR count). The van der Waals surface area contributed by atoms with Crippen molar-refractivity contribution >= 4 is 0 Å². The summed E-state index contributed by atoms with van der Waals surface area (Å²) in [4.78, 5) is 0.946. The van der Waals surface area contributed by atoms with Crippen LogP contribution in [-0.2, 0) is 5.41 Å². The monoisotopic (exact) mass is 342 g/mol. The Labute approximate surface area is 144 Å². The first kappa shape index (κ1) is 20.7. The Kier molecular flexibility index (Phi) is 8.48. The van der Waals surface area contributed by atoms with E-state index in [9.17, 15) is 5.11 Å². The molecule has 0 radical (unpaired) electrons. The number of nitrogens with one attached hydrogen (secondary N) is 1. The van der Waals surface area contributed by atoms with E-state index in [-0.39, 0.29) is 25.2 Å². The van der Waals surface area contributed by atoms with E-state index in [0.717, 1.165) is 22.0 Å². The van der Waals surface area contributed by atoms with E-state index >= 15 is 0 Å². The van der Waals surface area contributed by atoms with E-state index in [1.807, 2.05) is 18.2 Å². The van der Waals surface area contributed by atoms with Crippen LogP contribution in [-0.4, -0.2) is 68.0 Å². The maximum absolute atomic E-state index is 10.2. The van der Waals surface area contributed by atoms with Crippen molar-refractivity contribution in [3.8, 4) is 11.5 Å². The second-order valence-electron chi connectivity index (χ2n) is 6.98. The van der Waals surface area contributed by atoms with E-state index in [4.69, 9.17) is 19.7 Å². The number of methoxy groups -OCH3 is 1. The molecule has 0 aliphatic heterocycles. The second-order valence-corrected chi connectivity index (χ2v) is 6.98. The van der Waals surface area contributed by atoms with Crippen molar-refractivity contribution < 1.29 is 29.7 Å². The van der Waals surface area contributed by atoms with Crippen LogP contribution >= 0.6 is 0 Å². The van der Waals surface area contributed by atoms with E-state index in [2.05, 4.69) is 20.8 Å². The van der Waals surface area contributed by atoms with Crippen molar-refractivity contribution in [1.29, 1.82) is 0 Å². The summed E-state index contributed by atoms with van der Waals surface area (Å²) < 4.78 is 11.1. The van der Waals surface area contributed by atoms with Gasteiger partial charge in [-0.05, 0) is 23.6 Å². The van der Waals surface area contributed by atoms with E-state index in [0.29, 0.717) is 19.6 Å². The third-order valence-electron chi connectivity index (χ3n) is 3.88. The number of ether oxygens (including phenoxy) is 2. The molecule has 24 heavy (non-hydrogen) atoms. The van der Waals surface area contributed by atoms with Crippen LogP contribution < -0.4 is 14.4 Å². The fourth-order valence-corrected chi connectivity index (χ4v) is 2.57. The SMILES string of the molecule is COc1ccc(OC[C@@H](O)C[NH+](CCO)CCO)c(C(C)(C)C)c1. The molecular weight excluding hydrogens is 310 g/mol. The molecule has 4 N–H and O–H groups in total. The van der Waals surface area contributed by atoms with Gasteiger partial charge in [0, 0.05) is 5.56 Å². The summed E-state index contributed by atoms with van der Waals surface area (Å²) >= 11 is 0. The smallest absolute Gasteiger partial charge is 0.137 e. The summed E-state index contributed by atoms with van der Waals surface area (Å²) in [5.74, 6) is 1.50. The molecule has 0 spiro atoms. The summed E-state index contributed by atoms with van der Waals surface area (Å²) in [5, 5.41) is 28.3. The lowest BCUT2D eigenvalue weighted by molar-refractivity contribution is -0.903. The Hall–Kier alpha value is -1.34. The largest absolute Gasteiger partial charge is 0.497 e. The average Bonchev–Trinajstić information content (AvgIpc) is 2.52. The van der Waals surface area contributed by atoms with Gasteiger partial charge in [-0.1, -0.05) is 20.8 Å². The Morgan fingerprint density at radius 1 is 1.12 bits per heavy atom. The predicted molar refractivity (Wildman–Crippen MR) is 92.9 cm³/mol. The molecule has 0 amide bonds. The van der Waals surface area contributed by atoms with Gasteiger partial charge in [-0.25, -0.2) is 0 Å². The Balaban J connectivity index is 2.72. The summed E-state index contributed by atoms with van der Waals surface area (Å²) in [5.41, 5.74) is 0.906. The molecule has 0 aliphatic carbocycles. The molecule has 0 aromatic heterocycles. The summed E-state index contributed by atoms with van der Waals surface area (Å²) in [6.07, 6.45) is -0.673. The van der Waals surface area contributed by atoms with E-state index < -0.39 is 6.10 Å². The molecule has 0 bridgehead atoms. The minimum Gasteiger partial charge on any atom is -0.497 e. The third kappa shape index (κ3) is 6.65. The van der Waals surface area contributed by atoms with Gasteiger partial charge in [0.15, 0.2) is 0 Å². The summed E-state index contributed by atoms with van der Waals surface area (Å²) in [6, 6.07) is 5.65. The van der Waals surface area contributed by atoms with Crippen LogP contribution in [0.1, 0.15) is 26.3 Å². The van der Waals surface area contributed by atoms with Gasteiger partial charge < -0.3 is 29.7 Å². The van der Waals surface area contributed by atoms with Crippen LogP contribution in [0.4, 0.5) is 0 Å². The van der Waals surface area contributed by atoms with Crippen LogP contribution in [0.2, 0.25) is 0 Å². The van der Waals surface area contributed by atoms with Crippen molar-refractivity contribution in [2.24, 2.45) is 0 Å². The highest BCUT2D eigenvalue weighted by molar-refractivity contribution is 5.44. The molecule has 0 saturated heterocycles. The van der Waals surface area contributed by atoms with Gasteiger partial charge in [-0.3, -0.25) is 0 Å². The first-order valence-corrected chi connectivity index (χ1v) is 8.36. The predicted octanol–water partition coefficient (Wildman–Crippen LogP) is -0.398. The lowest BCUT2D eigenvalue weighted by Gasteiger charge is -2.25. The van der Waals surface area contributed by atoms with Crippen molar-refractivity contribution in [2.45, 2.75) is 32.3 Å². The first-order chi connectivity index (χ1) is 11.3. The minimum atomic E-state index is -0.673. The number of benzene rings is 1. The molecule has 0 aliphatic rings. The molecule has 138 valence electrons. The number of hydrogen-bond acceptors (Lipinski definition) is 5. The second kappa shape index (κ2) is 9.84. The molecular formula is C18H32NO5+. The normalized spacial score (nSPS) is 13.2. The van der Waals surface area contributed by atoms with E-state index in [1.54, 1.807) is 7.11 Å². The van der Waals surface area contributed by atoms with Crippen LogP contribution in [0.25, 0.3) is 0 Å². The van der Waals surface area contributed by atoms with Gasteiger partial charge in [0.05, 0.1) is 20.3 Å². The quantitative estimate of drug-likeness (QED) is 0.465. The number of aliphatic hydroxyl groups is 3. The van der Waals surface area contributed by atoms with E-state index in [1.165, 1.54) is 0 Å². The maximum atomic E-state index is 10.2. The van der Waals surface area contributed by atoms with Crippen LogP contribution in [0.3, 0.4) is 0 Å². The van der Waals surface area contributed by atoms with Crippen molar-refractivity contribution in [3.05, 3.63) is 23.8 Å². The highest BCUT2D eigenvalue weighted by atomic mass is 16.5. The fourth-order valence-electron chi connectivity index (χ4n) is 2.57. The maximum Gasteiger partial charge on any atom is 0.137 e. The molecule has 6 heteroatoms. The number of quaternary nitrogens is 1. The van der Waals surface area contributed by atoms with Gasteiger partial charge in [0.2, 0.25) is 0 Å². The molecule has 0 unspecified atom stereocenters. The molecule has 0 saturated carbocycles. The topological polar surface area (TPSA) is 83.6 Å². The zero-order chi connectivity index (χ0) is 18.2. The number of hydrogen-bond donors (Lipinski definition) is 4. The standard InChI is InChI=1S/C18H31NO5/c1-18(2,3)16-11-15(23-4)5-6-17(16)24-13-14(22)12-19(7-9-20)8-10-21/h5-6,11,14,20-22H,7-10,12-13H2,1-4H3/p+1/t14-/m0/s1. The van der Waals surface area contributed by atoms with Gasteiger partial charge >= 0.3 is 0 Å². The van der Waals surface area contributed by atoms with Crippen LogP contribution in [0, 0.1) is 0 Å². The summed E-state index contributed by atoms with van der Waals surface area (Å²) in [7, 11) is 1.63. The van der Waals surface area contributed by atoms with Crippen molar-refractivity contribution in [3.63, 3.8) is 0 Å². The van der Waals surface area contributed by atoms with Gasteiger partial charge in [0.1, 0.15) is 43.8 Å². The lowest BCUT2D eigenvalue weighted by Crippen LogP contribution is -3.14. The third-order valence-corrected chi connectivity index (χ3v) is 3.88. The Bertz CT molecular complexity index is 481. The van der Waals surface area contributed by atoms with Crippen LogP contribution in [0.5, 0.6) is 11.5 Å². The lowest BCUT2D eigenvalue weighted by atomic mass is 9.86. The molecule has 1 aromatic rings. The Morgan fingerprint density at radius 2 is 1.75 bits per heavy atom. The van der Waals surface area contributed by atoms with Gasteiger partial charge in [-0.2, -0.15) is 0 Å². The highest BCUT2D eigenvalue weighted by Gasteiger charge is 2.21. The number of rotatable bonds is 10. The van der Waals surface area contributed by atoms with Crippen molar-refractivity contribution in [2.75, 3.05) is 46.6 Å². The summed E-state index contributed by atoms with van der Waals surface area (Å²) in [6.45, 7) is 7.90. The number of aliphatic hydroxyl groups excluding tert-OH is 3. The molecule has 6 nitrogen and oxygen atoms in total. The molecule has 0 fully saturated rings. The average molecular weight is 342 g/mol. The highest BCUT2D eigenvalue weighted by Crippen LogP contribution is 2.34. The fraction of sp³-hybridized carbons (Fsp3) is 0.667. The van der Waals surface area contributed by atoms with Gasteiger partial charge in [-0.15, -0.1) is 0 Å². The minimum absolute atomic E-state index is 0.0234. The van der Waals surface area contributed by atoms with Crippen molar-refractivity contribution in [1.82, 2.24) is 0 Å². The zero-order valence-electron chi connectivity index (χ0n) is 15.2. The van der Waals surface area contributed by atoms with Gasteiger partial charge in [0.25, 0.3) is 0 Å². The Morgan fingerprint density at radius 3 is 2.25 bits per heavy atom. The molecule has 1 aromatic carbocycles. The van der Waals surface area contributed by atoms with Crippen LogP contribution in [0.15, 0.2) is 18.2 Å².